The Morgan fingerprint density at radius 3 is 2.91 bits per heavy atom. The van der Waals surface area contributed by atoms with Crippen LogP contribution in [0.3, 0.4) is 0 Å². The highest BCUT2D eigenvalue weighted by atomic mass is 16.5. The zero-order chi connectivity index (χ0) is 15.7. The first-order valence-electron chi connectivity index (χ1n) is 6.43. The van der Waals surface area contributed by atoms with Gasteiger partial charge in [-0.1, -0.05) is 5.16 Å². The summed E-state index contributed by atoms with van der Waals surface area (Å²) in [5.41, 5.74) is 1.44. The Morgan fingerprint density at radius 2 is 2.23 bits per heavy atom. The van der Waals surface area contributed by atoms with Crippen molar-refractivity contribution in [3.63, 3.8) is 0 Å². The third kappa shape index (κ3) is 2.29. The predicted octanol–water partition coefficient (Wildman–Crippen LogP) is 1.42. The van der Waals surface area contributed by atoms with Gasteiger partial charge in [0.1, 0.15) is 24.4 Å². The number of hydrogen-bond donors (Lipinski definition) is 0. The van der Waals surface area contributed by atoms with Crippen molar-refractivity contribution < 1.29 is 8.94 Å². The Balaban J connectivity index is 1.96. The molecule has 110 valence electrons. The van der Waals surface area contributed by atoms with E-state index in [4.69, 9.17) is 14.2 Å². The van der Waals surface area contributed by atoms with E-state index in [9.17, 15) is 4.79 Å². The lowest BCUT2D eigenvalue weighted by atomic mass is 10.1. The van der Waals surface area contributed by atoms with Crippen LogP contribution in [0.15, 0.2) is 32.3 Å². The fraction of sp³-hybridized carbons (Fsp3) is 0.214. The van der Waals surface area contributed by atoms with Crippen molar-refractivity contribution in [1.29, 1.82) is 5.26 Å². The molecule has 3 aromatic rings. The molecular formula is C14H11N5O3. The monoisotopic (exact) mass is 297 g/mol. The maximum Gasteiger partial charge on any atom is 0.285 e. The summed E-state index contributed by atoms with van der Waals surface area (Å²) in [5.74, 6) is 0.582. The van der Waals surface area contributed by atoms with Gasteiger partial charge >= 0.3 is 0 Å². The molecule has 0 aliphatic heterocycles. The Hall–Kier alpha value is -3.21. The third-order valence-electron chi connectivity index (χ3n) is 3.28. The van der Waals surface area contributed by atoms with E-state index in [1.807, 2.05) is 6.07 Å². The first kappa shape index (κ1) is 13.8. The largest absolute Gasteiger partial charge is 0.472 e. The Kier molecular flexibility index (Phi) is 3.31. The van der Waals surface area contributed by atoms with Gasteiger partial charge < -0.3 is 8.94 Å². The highest BCUT2D eigenvalue weighted by Gasteiger charge is 2.15. The molecule has 8 nitrogen and oxygen atoms in total. The summed E-state index contributed by atoms with van der Waals surface area (Å²) in [6, 6.07) is 3.59. The van der Waals surface area contributed by atoms with Gasteiger partial charge in [0.05, 0.1) is 17.5 Å². The van der Waals surface area contributed by atoms with Gasteiger partial charge in [-0.2, -0.15) is 15.3 Å². The summed E-state index contributed by atoms with van der Waals surface area (Å²) < 4.78 is 11.2. The standard InChI is InChI=1S/C14H11N5O3/c1-8-9(2)17-19(14(20)11(8)5-15)6-12-16-13(22-18-12)10-3-4-21-7-10/h3-4,7H,6H2,1-2H3. The molecule has 8 heteroatoms. The van der Waals surface area contributed by atoms with Crippen LogP contribution in [0, 0.1) is 25.2 Å². The molecule has 0 bridgehead atoms. The second kappa shape index (κ2) is 5.29. The normalized spacial score (nSPS) is 10.6. The maximum absolute atomic E-state index is 12.2. The zero-order valence-corrected chi connectivity index (χ0v) is 11.9. The second-order valence-electron chi connectivity index (χ2n) is 4.69. The van der Waals surface area contributed by atoms with Crippen LogP contribution in [0.5, 0.6) is 0 Å². The van der Waals surface area contributed by atoms with E-state index in [0.717, 1.165) is 4.68 Å². The zero-order valence-electron chi connectivity index (χ0n) is 11.9. The van der Waals surface area contributed by atoms with Gasteiger partial charge in [0.2, 0.25) is 0 Å². The maximum atomic E-state index is 12.2. The summed E-state index contributed by atoms with van der Waals surface area (Å²) in [6.45, 7) is 3.45. The van der Waals surface area contributed by atoms with Crippen LogP contribution in [0.2, 0.25) is 0 Å². The highest BCUT2D eigenvalue weighted by molar-refractivity contribution is 5.49. The Labute approximate surface area is 124 Å². The first-order valence-corrected chi connectivity index (χ1v) is 6.43. The van der Waals surface area contributed by atoms with E-state index < -0.39 is 5.56 Å². The molecule has 0 atom stereocenters. The lowest BCUT2D eigenvalue weighted by Crippen LogP contribution is -2.28. The summed E-state index contributed by atoms with van der Waals surface area (Å²) in [4.78, 5) is 16.4. The van der Waals surface area contributed by atoms with Gasteiger partial charge in [-0.25, -0.2) is 4.68 Å². The van der Waals surface area contributed by atoms with Crippen molar-refractivity contribution >= 4 is 0 Å². The number of furan rings is 1. The lowest BCUT2D eigenvalue weighted by molar-refractivity contribution is 0.417. The van der Waals surface area contributed by atoms with E-state index >= 15 is 0 Å². The van der Waals surface area contributed by atoms with E-state index in [-0.39, 0.29) is 17.9 Å². The van der Waals surface area contributed by atoms with Gasteiger partial charge in [-0.05, 0) is 25.5 Å². The number of aryl methyl sites for hydroxylation is 1. The SMILES string of the molecule is Cc1nn(Cc2noc(-c3ccoc3)n2)c(=O)c(C#N)c1C. The summed E-state index contributed by atoms with van der Waals surface area (Å²) in [6.07, 6.45) is 2.97. The number of hydrogen-bond acceptors (Lipinski definition) is 7. The van der Waals surface area contributed by atoms with Crippen LogP contribution in [-0.4, -0.2) is 19.9 Å². The Morgan fingerprint density at radius 1 is 1.41 bits per heavy atom. The molecule has 3 aromatic heterocycles. The van der Waals surface area contributed by atoms with Crippen molar-refractivity contribution in [2.75, 3.05) is 0 Å². The van der Waals surface area contributed by atoms with E-state index in [0.29, 0.717) is 22.7 Å². The number of aromatic nitrogens is 4. The molecule has 0 saturated carbocycles. The average molecular weight is 297 g/mol. The molecule has 0 amide bonds. The summed E-state index contributed by atoms with van der Waals surface area (Å²) in [7, 11) is 0. The minimum absolute atomic E-state index is 0.0238. The molecular weight excluding hydrogens is 286 g/mol. The molecule has 0 radical (unpaired) electrons. The van der Waals surface area contributed by atoms with E-state index in [1.165, 1.54) is 12.5 Å². The van der Waals surface area contributed by atoms with Crippen molar-refractivity contribution in [1.82, 2.24) is 19.9 Å². The number of nitriles is 1. The van der Waals surface area contributed by atoms with Gasteiger partial charge in [-0.15, -0.1) is 0 Å². The summed E-state index contributed by atoms with van der Waals surface area (Å²) >= 11 is 0. The fourth-order valence-corrected chi connectivity index (χ4v) is 1.97. The van der Waals surface area contributed by atoms with E-state index in [2.05, 4.69) is 15.2 Å². The number of nitrogens with zero attached hydrogens (tertiary/aromatic N) is 5. The molecule has 0 spiro atoms. The van der Waals surface area contributed by atoms with Gasteiger partial charge in [0.15, 0.2) is 5.82 Å². The van der Waals surface area contributed by atoms with E-state index in [1.54, 1.807) is 19.9 Å². The summed E-state index contributed by atoms with van der Waals surface area (Å²) in [5, 5.41) is 17.1. The predicted molar refractivity (Wildman–Crippen MR) is 73.8 cm³/mol. The molecule has 0 aliphatic carbocycles. The van der Waals surface area contributed by atoms with Crippen LogP contribution in [0.4, 0.5) is 0 Å². The Bertz CT molecular complexity index is 915. The first-order chi connectivity index (χ1) is 10.6. The van der Waals surface area contributed by atoms with Crippen LogP contribution < -0.4 is 5.56 Å². The van der Waals surface area contributed by atoms with Crippen molar-refractivity contribution in [3.05, 3.63) is 51.6 Å². The molecule has 3 heterocycles. The quantitative estimate of drug-likeness (QED) is 0.718. The fourth-order valence-electron chi connectivity index (χ4n) is 1.97. The van der Waals surface area contributed by atoms with Crippen LogP contribution >= 0.6 is 0 Å². The smallest absolute Gasteiger partial charge is 0.285 e. The van der Waals surface area contributed by atoms with Gasteiger partial charge in [-0.3, -0.25) is 4.79 Å². The topological polar surface area (TPSA) is 111 Å². The van der Waals surface area contributed by atoms with Crippen LogP contribution in [0.25, 0.3) is 11.5 Å². The molecule has 22 heavy (non-hydrogen) atoms. The lowest BCUT2D eigenvalue weighted by Gasteiger charge is -2.06. The molecule has 0 N–H and O–H groups in total. The molecule has 0 unspecified atom stereocenters. The third-order valence-corrected chi connectivity index (χ3v) is 3.28. The number of rotatable bonds is 3. The molecule has 0 aromatic carbocycles. The minimum Gasteiger partial charge on any atom is -0.472 e. The van der Waals surface area contributed by atoms with Gasteiger partial charge in [0, 0.05) is 0 Å². The van der Waals surface area contributed by atoms with Crippen LogP contribution in [0.1, 0.15) is 22.6 Å². The average Bonchev–Trinajstić information content (AvgIpc) is 3.16. The van der Waals surface area contributed by atoms with Crippen LogP contribution in [-0.2, 0) is 6.54 Å². The molecule has 3 rings (SSSR count). The minimum atomic E-state index is -0.472. The van der Waals surface area contributed by atoms with Crippen molar-refractivity contribution in [2.24, 2.45) is 0 Å². The highest BCUT2D eigenvalue weighted by Crippen LogP contribution is 2.17. The second-order valence-corrected chi connectivity index (χ2v) is 4.69. The molecule has 0 fully saturated rings. The van der Waals surface area contributed by atoms with Crippen molar-refractivity contribution in [2.45, 2.75) is 20.4 Å². The van der Waals surface area contributed by atoms with Crippen molar-refractivity contribution in [3.8, 4) is 17.5 Å². The molecule has 0 saturated heterocycles. The molecule has 0 aliphatic rings. The van der Waals surface area contributed by atoms with Gasteiger partial charge in [0.25, 0.3) is 11.4 Å².